The van der Waals surface area contributed by atoms with Crippen molar-refractivity contribution < 1.29 is 44.2 Å². The number of esters is 1. The van der Waals surface area contributed by atoms with E-state index < -0.39 is 55.5 Å². The summed E-state index contributed by atoms with van der Waals surface area (Å²) in [5, 5.41) is 38.9. The summed E-state index contributed by atoms with van der Waals surface area (Å²) in [4.78, 5) is 11.8. The molecule has 0 bridgehead atoms. The van der Waals surface area contributed by atoms with Crippen LogP contribution in [0.15, 0.2) is 36.1 Å². The van der Waals surface area contributed by atoms with Gasteiger partial charge in [0.1, 0.15) is 37.3 Å². The van der Waals surface area contributed by atoms with Crippen LogP contribution in [-0.4, -0.2) is 76.6 Å². The second-order valence-electron chi connectivity index (χ2n) is 5.89. The fourth-order valence-corrected chi connectivity index (χ4v) is 2.98. The van der Waals surface area contributed by atoms with Crippen molar-refractivity contribution in [2.45, 2.75) is 37.0 Å². The van der Waals surface area contributed by atoms with Gasteiger partial charge >= 0.3 is 5.97 Å². The van der Waals surface area contributed by atoms with Crippen LogP contribution in [0.5, 0.6) is 0 Å². The maximum atomic E-state index is 11.8. The number of aliphatic hydroxyl groups excluding tert-OH is 4. The van der Waals surface area contributed by atoms with Crippen LogP contribution in [0.3, 0.4) is 0 Å². The summed E-state index contributed by atoms with van der Waals surface area (Å²) in [6.07, 6.45) is -3.61. The van der Waals surface area contributed by atoms with Crippen LogP contribution in [0.1, 0.15) is 0 Å². The molecule has 7 atom stereocenters. The Balaban J connectivity index is 1.78. The van der Waals surface area contributed by atoms with Gasteiger partial charge in [-0.05, 0) is 11.6 Å². The SMILES string of the molecule is C=C[C@@H]1C2=CCOC(=O)C2=CO[C@@H]1O[C@@H]1O[C@H](CO)[C@@H](O)[C@H](O)[C@H]1O. The van der Waals surface area contributed by atoms with Crippen molar-refractivity contribution >= 4 is 5.97 Å². The number of cyclic esters (lactones) is 1. The molecule has 25 heavy (non-hydrogen) atoms. The molecule has 0 amide bonds. The number of ether oxygens (including phenoxy) is 4. The topological polar surface area (TPSA) is 135 Å². The molecule has 0 radical (unpaired) electrons. The van der Waals surface area contributed by atoms with Crippen LogP contribution in [0, 0.1) is 5.92 Å². The van der Waals surface area contributed by atoms with Gasteiger partial charge in [-0.25, -0.2) is 4.79 Å². The van der Waals surface area contributed by atoms with Gasteiger partial charge in [0.25, 0.3) is 0 Å². The van der Waals surface area contributed by atoms with Crippen LogP contribution in [0.25, 0.3) is 0 Å². The molecule has 0 aromatic heterocycles. The maximum Gasteiger partial charge on any atom is 0.341 e. The van der Waals surface area contributed by atoms with Gasteiger partial charge in [0.05, 0.1) is 18.1 Å². The number of hydrogen-bond donors (Lipinski definition) is 4. The van der Waals surface area contributed by atoms with Crippen molar-refractivity contribution in [2.24, 2.45) is 5.92 Å². The normalized spacial score (nSPS) is 41.0. The molecule has 4 N–H and O–H groups in total. The van der Waals surface area contributed by atoms with Crippen molar-refractivity contribution in [1.82, 2.24) is 0 Å². The van der Waals surface area contributed by atoms with E-state index >= 15 is 0 Å². The number of hydrogen-bond acceptors (Lipinski definition) is 9. The molecule has 3 heterocycles. The minimum absolute atomic E-state index is 0.114. The molecule has 138 valence electrons. The molecule has 3 rings (SSSR count). The van der Waals surface area contributed by atoms with Gasteiger partial charge in [-0.1, -0.05) is 6.08 Å². The van der Waals surface area contributed by atoms with Gasteiger partial charge in [-0.15, -0.1) is 6.58 Å². The molecule has 9 heteroatoms. The Morgan fingerprint density at radius 3 is 2.68 bits per heavy atom. The number of carbonyl (C=O) groups excluding carboxylic acids is 1. The number of rotatable bonds is 4. The van der Waals surface area contributed by atoms with Gasteiger partial charge in [-0.3, -0.25) is 0 Å². The molecule has 9 nitrogen and oxygen atoms in total. The van der Waals surface area contributed by atoms with E-state index in [2.05, 4.69) is 6.58 Å². The van der Waals surface area contributed by atoms with Gasteiger partial charge < -0.3 is 39.4 Å². The van der Waals surface area contributed by atoms with E-state index in [-0.39, 0.29) is 12.2 Å². The third kappa shape index (κ3) is 3.22. The third-order valence-electron chi connectivity index (χ3n) is 4.39. The first-order valence-corrected chi connectivity index (χ1v) is 7.79. The predicted octanol–water partition coefficient (Wildman–Crippen LogP) is -1.67. The zero-order chi connectivity index (χ0) is 18.1. The van der Waals surface area contributed by atoms with Crippen LogP contribution < -0.4 is 0 Å². The smallest absolute Gasteiger partial charge is 0.341 e. The molecule has 3 aliphatic rings. The van der Waals surface area contributed by atoms with Crippen LogP contribution in [0.2, 0.25) is 0 Å². The Bertz CT molecular complexity index is 596. The van der Waals surface area contributed by atoms with Gasteiger partial charge in [0.2, 0.25) is 6.29 Å². The Hall–Kier alpha value is -1.75. The third-order valence-corrected chi connectivity index (χ3v) is 4.39. The molecule has 0 spiro atoms. The van der Waals surface area contributed by atoms with Crippen molar-refractivity contribution in [3.8, 4) is 0 Å². The summed E-state index contributed by atoms with van der Waals surface area (Å²) in [7, 11) is 0. The standard InChI is InChI=1S/C16H20O9/c1-2-7-8-3-4-22-14(21)9(8)6-23-15(7)25-16-13(20)12(19)11(18)10(5-17)24-16/h2-3,6-7,10-13,15-20H,1,4-5H2/t7-,10-,11-,12+,13-,15-,16+/m1/s1. The number of fused-ring (bicyclic) bond motifs is 1. The minimum atomic E-state index is -1.56. The molecule has 3 aliphatic heterocycles. The largest absolute Gasteiger partial charge is 0.471 e. The number of aliphatic hydroxyl groups is 4. The van der Waals surface area contributed by atoms with Crippen molar-refractivity contribution in [3.05, 3.63) is 36.1 Å². The number of carbonyl (C=O) groups is 1. The van der Waals surface area contributed by atoms with E-state index in [1.165, 1.54) is 12.3 Å². The van der Waals surface area contributed by atoms with Gasteiger partial charge in [0, 0.05) is 0 Å². The van der Waals surface area contributed by atoms with E-state index in [0.717, 1.165) is 0 Å². The lowest BCUT2D eigenvalue weighted by Crippen LogP contribution is -2.60. The minimum Gasteiger partial charge on any atom is -0.471 e. The molecule has 0 unspecified atom stereocenters. The fourth-order valence-electron chi connectivity index (χ4n) is 2.98. The van der Waals surface area contributed by atoms with Crippen molar-refractivity contribution in [2.75, 3.05) is 13.2 Å². The lowest BCUT2D eigenvalue weighted by Gasteiger charge is -2.42. The quantitative estimate of drug-likeness (QED) is 0.344. The highest BCUT2D eigenvalue weighted by Crippen LogP contribution is 2.35. The molecule has 0 saturated carbocycles. The molecule has 0 aromatic rings. The summed E-state index contributed by atoms with van der Waals surface area (Å²) in [5.74, 6) is -1.06. The highest BCUT2D eigenvalue weighted by molar-refractivity contribution is 5.94. The molecule has 1 fully saturated rings. The van der Waals surface area contributed by atoms with E-state index in [9.17, 15) is 25.2 Å². The summed E-state index contributed by atoms with van der Waals surface area (Å²) in [6.45, 7) is 3.25. The second-order valence-corrected chi connectivity index (χ2v) is 5.89. The van der Waals surface area contributed by atoms with Crippen molar-refractivity contribution in [3.63, 3.8) is 0 Å². The molecule has 0 aliphatic carbocycles. The van der Waals surface area contributed by atoms with E-state index in [0.29, 0.717) is 5.57 Å². The Labute approximate surface area is 143 Å². The Morgan fingerprint density at radius 2 is 2.00 bits per heavy atom. The zero-order valence-electron chi connectivity index (χ0n) is 13.2. The lowest BCUT2D eigenvalue weighted by atomic mass is 9.89. The monoisotopic (exact) mass is 356 g/mol. The Morgan fingerprint density at radius 1 is 1.24 bits per heavy atom. The summed E-state index contributed by atoms with van der Waals surface area (Å²) in [6, 6.07) is 0. The van der Waals surface area contributed by atoms with Crippen LogP contribution >= 0.6 is 0 Å². The summed E-state index contributed by atoms with van der Waals surface area (Å²) in [5.41, 5.74) is 0.872. The highest BCUT2D eigenvalue weighted by atomic mass is 16.8. The first kappa shape index (κ1) is 18.1. The van der Waals surface area contributed by atoms with Crippen LogP contribution in [0.4, 0.5) is 0 Å². The van der Waals surface area contributed by atoms with E-state index in [4.69, 9.17) is 18.9 Å². The van der Waals surface area contributed by atoms with Gasteiger partial charge in [0.15, 0.2) is 6.29 Å². The van der Waals surface area contributed by atoms with Gasteiger partial charge in [-0.2, -0.15) is 0 Å². The van der Waals surface area contributed by atoms with Crippen LogP contribution in [-0.2, 0) is 23.7 Å². The molecule has 0 aromatic carbocycles. The Kier molecular flexibility index (Phi) is 5.23. The molecular weight excluding hydrogens is 336 g/mol. The second kappa shape index (κ2) is 7.24. The summed E-state index contributed by atoms with van der Waals surface area (Å²) < 4.78 is 21.2. The molecular formula is C16H20O9. The highest BCUT2D eigenvalue weighted by Gasteiger charge is 2.46. The summed E-state index contributed by atoms with van der Waals surface area (Å²) >= 11 is 0. The zero-order valence-corrected chi connectivity index (χ0v) is 13.2. The average Bonchev–Trinajstić information content (AvgIpc) is 2.62. The van der Waals surface area contributed by atoms with E-state index in [1.807, 2.05) is 0 Å². The maximum absolute atomic E-state index is 11.8. The van der Waals surface area contributed by atoms with E-state index in [1.54, 1.807) is 6.08 Å². The lowest BCUT2D eigenvalue weighted by molar-refractivity contribution is -0.336. The average molecular weight is 356 g/mol. The molecule has 1 saturated heterocycles. The first-order chi connectivity index (χ1) is 12.0. The predicted molar refractivity (Wildman–Crippen MR) is 80.5 cm³/mol. The first-order valence-electron chi connectivity index (χ1n) is 7.79. The van der Waals surface area contributed by atoms with Crippen molar-refractivity contribution in [1.29, 1.82) is 0 Å². The fraction of sp³-hybridized carbons (Fsp3) is 0.562.